The minimum atomic E-state index is -0.995. The number of rotatable bonds is 1. The number of nitrogens with zero attached hydrogens (tertiary/aromatic N) is 2. The van der Waals surface area contributed by atoms with Gasteiger partial charge >= 0.3 is 6.09 Å². The van der Waals surface area contributed by atoms with Crippen LogP contribution in [0.2, 0.25) is 0 Å². The number of hydrogen-bond acceptors (Lipinski definition) is 2. The lowest BCUT2D eigenvalue weighted by molar-refractivity contribution is 0.00242. The van der Waals surface area contributed by atoms with E-state index in [2.05, 4.69) is 4.90 Å². The van der Waals surface area contributed by atoms with Crippen LogP contribution in [-0.2, 0) is 5.11 Å². The van der Waals surface area contributed by atoms with Gasteiger partial charge in [-0.05, 0) is 32.1 Å². The molecule has 0 saturated carbocycles. The Balaban J connectivity index is 1.99. The molecule has 0 aromatic rings. The number of amides is 1. The van der Waals surface area contributed by atoms with E-state index in [1.165, 1.54) is 24.2 Å². The molecule has 1 radical (unpaired) electrons. The van der Waals surface area contributed by atoms with Crippen LogP contribution in [0.1, 0.15) is 38.5 Å². The Bertz CT molecular complexity index is 227. The maximum absolute atomic E-state index is 11.0. The van der Waals surface area contributed by atoms with E-state index in [1.54, 1.807) is 0 Å². The summed E-state index contributed by atoms with van der Waals surface area (Å²) in [5.74, 6) is 0. The van der Waals surface area contributed by atoms with Gasteiger partial charge in [-0.3, -0.25) is 9.80 Å². The first-order valence-corrected chi connectivity index (χ1v) is 6.01. The van der Waals surface area contributed by atoms with Gasteiger partial charge in [0, 0.05) is 19.6 Å². The molecule has 2 rings (SSSR count). The highest BCUT2D eigenvalue weighted by Crippen LogP contribution is 2.23. The Labute approximate surface area is 90.9 Å². The smallest absolute Gasteiger partial charge is 0.289 e. The predicted molar refractivity (Wildman–Crippen MR) is 55.9 cm³/mol. The molecule has 4 nitrogen and oxygen atoms in total. The van der Waals surface area contributed by atoms with E-state index in [1.807, 2.05) is 0 Å². The zero-order valence-corrected chi connectivity index (χ0v) is 9.15. The van der Waals surface area contributed by atoms with Gasteiger partial charge in [0.1, 0.15) is 0 Å². The molecule has 0 aliphatic carbocycles. The molecule has 0 aromatic heterocycles. The number of likely N-dealkylation sites (tertiary alicyclic amines) is 2. The predicted octanol–water partition coefficient (Wildman–Crippen LogP) is 1.83. The molecule has 2 aliphatic rings. The standard InChI is InChI=1S/C11H19N2O2/c14-11(15)13-9-5-2-6-10(13)12-7-3-1-4-8-12/h10H,1-9H2. The topological polar surface area (TPSA) is 43.5 Å². The van der Waals surface area contributed by atoms with E-state index in [0.29, 0.717) is 6.54 Å². The average molecular weight is 211 g/mol. The van der Waals surface area contributed by atoms with Crippen molar-refractivity contribution in [2.24, 2.45) is 0 Å². The summed E-state index contributed by atoms with van der Waals surface area (Å²) in [4.78, 5) is 14.8. The Morgan fingerprint density at radius 2 is 1.60 bits per heavy atom. The van der Waals surface area contributed by atoms with Crippen molar-refractivity contribution in [1.29, 1.82) is 0 Å². The third-order valence-corrected chi connectivity index (χ3v) is 3.52. The summed E-state index contributed by atoms with van der Waals surface area (Å²) in [6, 6.07) is 0. The molecule has 2 fully saturated rings. The SMILES string of the molecule is [O]C(=O)N1CCCCC1N1CCCCC1. The number of carbonyl (C=O) groups is 1. The van der Waals surface area contributed by atoms with E-state index in [4.69, 9.17) is 0 Å². The molecule has 15 heavy (non-hydrogen) atoms. The summed E-state index contributed by atoms with van der Waals surface area (Å²) in [5, 5.41) is 11.0. The highest BCUT2D eigenvalue weighted by atomic mass is 16.4. The van der Waals surface area contributed by atoms with E-state index in [-0.39, 0.29) is 6.17 Å². The van der Waals surface area contributed by atoms with Crippen LogP contribution in [0.3, 0.4) is 0 Å². The van der Waals surface area contributed by atoms with Crippen LogP contribution in [0.5, 0.6) is 0 Å². The number of carbonyl (C=O) groups excluding carboxylic acids is 1. The number of piperidine rings is 2. The summed E-state index contributed by atoms with van der Waals surface area (Å²) < 4.78 is 0. The summed E-state index contributed by atoms with van der Waals surface area (Å²) in [6.07, 6.45) is 5.91. The minimum Gasteiger partial charge on any atom is -0.289 e. The fraction of sp³-hybridized carbons (Fsp3) is 0.909. The van der Waals surface area contributed by atoms with Crippen LogP contribution < -0.4 is 0 Å². The molecule has 1 unspecified atom stereocenters. The van der Waals surface area contributed by atoms with Gasteiger partial charge in [0.15, 0.2) is 0 Å². The normalized spacial score (nSPS) is 29.1. The van der Waals surface area contributed by atoms with Crippen molar-refractivity contribution in [2.45, 2.75) is 44.7 Å². The highest BCUT2D eigenvalue weighted by molar-refractivity contribution is 5.65. The molecule has 2 heterocycles. The largest absolute Gasteiger partial charge is 0.454 e. The zero-order valence-electron chi connectivity index (χ0n) is 9.15. The van der Waals surface area contributed by atoms with E-state index >= 15 is 0 Å². The van der Waals surface area contributed by atoms with E-state index < -0.39 is 6.09 Å². The Kier molecular flexibility index (Phi) is 3.46. The molecule has 2 saturated heterocycles. The lowest BCUT2D eigenvalue weighted by Crippen LogP contribution is -2.53. The van der Waals surface area contributed by atoms with Gasteiger partial charge in [0.25, 0.3) is 0 Å². The molecule has 0 bridgehead atoms. The molecular weight excluding hydrogens is 192 g/mol. The fourth-order valence-corrected chi connectivity index (χ4v) is 2.72. The van der Waals surface area contributed by atoms with E-state index in [0.717, 1.165) is 32.4 Å². The average Bonchev–Trinajstić information content (AvgIpc) is 2.30. The molecule has 0 N–H and O–H groups in total. The van der Waals surface area contributed by atoms with Gasteiger partial charge in [0.05, 0.1) is 6.17 Å². The molecule has 0 aromatic carbocycles. The van der Waals surface area contributed by atoms with Gasteiger partial charge < -0.3 is 0 Å². The Morgan fingerprint density at radius 1 is 0.933 bits per heavy atom. The first kappa shape index (κ1) is 10.7. The van der Waals surface area contributed by atoms with Gasteiger partial charge in [-0.1, -0.05) is 6.42 Å². The van der Waals surface area contributed by atoms with Gasteiger partial charge in [-0.2, -0.15) is 0 Å². The van der Waals surface area contributed by atoms with Crippen molar-refractivity contribution in [2.75, 3.05) is 19.6 Å². The van der Waals surface area contributed by atoms with E-state index in [9.17, 15) is 9.90 Å². The summed E-state index contributed by atoms with van der Waals surface area (Å²) >= 11 is 0. The van der Waals surface area contributed by atoms with Crippen molar-refractivity contribution < 1.29 is 9.90 Å². The second-order valence-electron chi connectivity index (χ2n) is 4.53. The molecule has 2 aliphatic heterocycles. The summed E-state index contributed by atoms with van der Waals surface area (Å²) in [5.41, 5.74) is 0. The third-order valence-electron chi connectivity index (χ3n) is 3.52. The lowest BCUT2D eigenvalue weighted by atomic mass is 10.0. The first-order valence-electron chi connectivity index (χ1n) is 6.01. The van der Waals surface area contributed by atoms with Crippen LogP contribution in [0.15, 0.2) is 0 Å². The third kappa shape index (κ3) is 2.43. The number of hydrogen-bond donors (Lipinski definition) is 0. The second-order valence-corrected chi connectivity index (χ2v) is 4.53. The van der Waals surface area contributed by atoms with Crippen LogP contribution in [0, 0.1) is 0 Å². The molecule has 1 atom stereocenters. The van der Waals surface area contributed by atoms with Crippen LogP contribution in [-0.4, -0.2) is 41.7 Å². The second kappa shape index (κ2) is 4.84. The van der Waals surface area contributed by atoms with Crippen molar-refractivity contribution in [3.05, 3.63) is 0 Å². The quantitative estimate of drug-likeness (QED) is 0.664. The van der Waals surface area contributed by atoms with Crippen molar-refractivity contribution in [1.82, 2.24) is 9.80 Å². The van der Waals surface area contributed by atoms with Crippen molar-refractivity contribution in [3.63, 3.8) is 0 Å². The molecular formula is C11H19N2O2. The molecule has 85 valence electrons. The van der Waals surface area contributed by atoms with Crippen LogP contribution in [0.25, 0.3) is 0 Å². The minimum absolute atomic E-state index is 0.101. The molecule has 4 heteroatoms. The maximum atomic E-state index is 11.0. The highest BCUT2D eigenvalue weighted by Gasteiger charge is 2.32. The van der Waals surface area contributed by atoms with Crippen molar-refractivity contribution >= 4 is 6.09 Å². The fourth-order valence-electron chi connectivity index (χ4n) is 2.72. The van der Waals surface area contributed by atoms with Crippen molar-refractivity contribution in [3.8, 4) is 0 Å². The summed E-state index contributed by atoms with van der Waals surface area (Å²) in [6.45, 7) is 2.76. The Morgan fingerprint density at radius 3 is 2.27 bits per heavy atom. The zero-order chi connectivity index (χ0) is 10.7. The first-order chi connectivity index (χ1) is 7.29. The maximum Gasteiger partial charge on any atom is 0.454 e. The summed E-state index contributed by atoms with van der Waals surface area (Å²) in [7, 11) is 0. The molecule has 1 amide bonds. The van der Waals surface area contributed by atoms with Gasteiger partial charge in [0.2, 0.25) is 0 Å². The lowest BCUT2D eigenvalue weighted by Gasteiger charge is -2.42. The molecule has 0 spiro atoms. The van der Waals surface area contributed by atoms with Crippen LogP contribution in [0.4, 0.5) is 4.79 Å². The Hall–Kier alpha value is -0.770. The van der Waals surface area contributed by atoms with Crippen LogP contribution >= 0.6 is 0 Å². The monoisotopic (exact) mass is 211 g/mol. The van der Waals surface area contributed by atoms with Gasteiger partial charge in [-0.25, -0.2) is 9.90 Å². The van der Waals surface area contributed by atoms with Gasteiger partial charge in [-0.15, -0.1) is 0 Å².